The maximum Gasteiger partial charge on any atom is 0.436 e. The van der Waals surface area contributed by atoms with Crippen LogP contribution in [-0.4, -0.2) is 41.2 Å². The van der Waals surface area contributed by atoms with E-state index in [1.807, 2.05) is 6.07 Å². The molecule has 164 valence electrons. The topological polar surface area (TPSA) is 101 Å². The molecule has 1 amide bonds. The number of ether oxygens (including phenoxy) is 3. The number of para-hydroxylation sites is 1. The lowest BCUT2D eigenvalue weighted by Crippen LogP contribution is -2.29. The Morgan fingerprint density at radius 3 is 2.28 bits per heavy atom. The quantitative estimate of drug-likeness (QED) is 0.615. The summed E-state index contributed by atoms with van der Waals surface area (Å²) >= 11 is 0. The highest BCUT2D eigenvalue weighted by atomic mass is 16.6. The molecule has 3 aromatic carbocycles. The van der Waals surface area contributed by atoms with E-state index >= 15 is 0 Å². The fourth-order valence-corrected chi connectivity index (χ4v) is 3.51. The molecular weight excluding hydrogens is 412 g/mol. The summed E-state index contributed by atoms with van der Waals surface area (Å²) in [6.45, 7) is 0. The summed E-state index contributed by atoms with van der Waals surface area (Å²) in [5.74, 6) is 0.999. The Hall–Kier alpha value is -4.20. The van der Waals surface area contributed by atoms with Crippen molar-refractivity contribution < 1.29 is 29.2 Å². The van der Waals surface area contributed by atoms with Gasteiger partial charge in [0.2, 0.25) is 0 Å². The molecule has 0 aliphatic carbocycles. The molecule has 1 heterocycles. The van der Waals surface area contributed by atoms with E-state index in [2.05, 4.69) is 5.10 Å². The van der Waals surface area contributed by atoms with Gasteiger partial charge in [0.1, 0.15) is 5.75 Å². The normalized spacial score (nSPS) is 15.2. The number of methoxy groups -OCH3 is 2. The van der Waals surface area contributed by atoms with Gasteiger partial charge in [-0.05, 0) is 48.0 Å². The van der Waals surface area contributed by atoms with Crippen molar-refractivity contribution in [2.24, 2.45) is 5.10 Å². The molecule has 2 N–H and O–H groups in total. The molecule has 0 fully saturated rings. The Labute approximate surface area is 184 Å². The molecule has 1 aliphatic heterocycles. The van der Waals surface area contributed by atoms with Crippen LogP contribution in [0.3, 0.4) is 0 Å². The number of benzene rings is 3. The minimum Gasteiger partial charge on any atom is -0.504 e. The predicted molar refractivity (Wildman–Crippen MR) is 118 cm³/mol. The van der Waals surface area contributed by atoms with Crippen LogP contribution in [0.2, 0.25) is 0 Å². The largest absolute Gasteiger partial charge is 0.504 e. The second kappa shape index (κ2) is 8.89. The first-order valence-corrected chi connectivity index (χ1v) is 9.88. The molecule has 0 saturated heterocycles. The lowest BCUT2D eigenvalue weighted by molar-refractivity contribution is 0.141. The van der Waals surface area contributed by atoms with E-state index < -0.39 is 12.1 Å². The third-order valence-electron chi connectivity index (χ3n) is 5.15. The van der Waals surface area contributed by atoms with Gasteiger partial charge in [-0.3, -0.25) is 0 Å². The lowest BCUT2D eigenvalue weighted by atomic mass is 9.98. The zero-order valence-electron chi connectivity index (χ0n) is 17.6. The number of amides is 1. The number of carbonyl (C=O) groups excluding carboxylic acids is 1. The van der Waals surface area contributed by atoms with Crippen LogP contribution in [0, 0.1) is 0 Å². The average Bonchev–Trinajstić information content (AvgIpc) is 3.26. The molecule has 0 radical (unpaired) electrons. The first kappa shape index (κ1) is 21.0. The molecule has 3 aromatic rings. The van der Waals surface area contributed by atoms with Gasteiger partial charge in [0, 0.05) is 12.0 Å². The van der Waals surface area contributed by atoms with Crippen LogP contribution in [0.1, 0.15) is 23.6 Å². The first-order chi connectivity index (χ1) is 15.5. The van der Waals surface area contributed by atoms with Gasteiger partial charge in [0.25, 0.3) is 0 Å². The smallest absolute Gasteiger partial charge is 0.436 e. The van der Waals surface area contributed by atoms with Crippen LogP contribution in [-0.2, 0) is 0 Å². The number of hydrogen-bond acceptors (Lipinski definition) is 7. The fraction of sp³-hybridized carbons (Fsp3) is 0.167. The maximum atomic E-state index is 13.0. The molecule has 8 heteroatoms. The van der Waals surface area contributed by atoms with Gasteiger partial charge in [-0.1, -0.05) is 24.3 Å². The minimum absolute atomic E-state index is 0.00271. The minimum atomic E-state index is -0.644. The summed E-state index contributed by atoms with van der Waals surface area (Å²) < 4.78 is 15.9. The highest BCUT2D eigenvalue weighted by Gasteiger charge is 2.35. The van der Waals surface area contributed by atoms with Crippen molar-refractivity contribution in [1.82, 2.24) is 5.01 Å². The Balaban J connectivity index is 1.71. The van der Waals surface area contributed by atoms with E-state index in [1.165, 1.54) is 31.4 Å². The molecule has 4 rings (SSSR count). The molecule has 8 nitrogen and oxygen atoms in total. The number of nitrogens with zero attached hydrogens (tertiary/aromatic N) is 2. The maximum absolute atomic E-state index is 13.0. The average molecular weight is 434 g/mol. The monoisotopic (exact) mass is 434 g/mol. The Kier molecular flexibility index (Phi) is 5.85. The first-order valence-electron chi connectivity index (χ1n) is 9.88. The lowest BCUT2D eigenvalue weighted by Gasteiger charge is -2.22. The third-order valence-corrected chi connectivity index (χ3v) is 5.15. The van der Waals surface area contributed by atoms with E-state index in [0.29, 0.717) is 40.5 Å². The molecule has 1 atom stereocenters. The zero-order chi connectivity index (χ0) is 22.7. The summed E-state index contributed by atoms with van der Waals surface area (Å²) in [5, 5.41) is 25.7. The predicted octanol–water partition coefficient (Wildman–Crippen LogP) is 4.47. The van der Waals surface area contributed by atoms with Crippen LogP contribution < -0.4 is 14.2 Å². The van der Waals surface area contributed by atoms with Gasteiger partial charge in [0.15, 0.2) is 23.0 Å². The SMILES string of the molecule is COc1cc(C2=NN(C(=O)Oc3ccccc3)C(c3ccc(O)c(OC)c3)C2)ccc1O. The fourth-order valence-electron chi connectivity index (χ4n) is 3.51. The number of carbonyl (C=O) groups is 1. The highest BCUT2D eigenvalue weighted by molar-refractivity contribution is 6.03. The highest BCUT2D eigenvalue weighted by Crippen LogP contribution is 2.38. The van der Waals surface area contributed by atoms with Crippen LogP contribution in [0.4, 0.5) is 4.79 Å². The molecule has 1 unspecified atom stereocenters. The van der Waals surface area contributed by atoms with Gasteiger partial charge in [0.05, 0.1) is 26.0 Å². The van der Waals surface area contributed by atoms with Gasteiger partial charge < -0.3 is 24.4 Å². The zero-order valence-corrected chi connectivity index (χ0v) is 17.6. The summed E-state index contributed by atoms with van der Waals surface area (Å²) in [6.07, 6.45) is -0.264. The molecular formula is C24H22N2O6. The molecule has 1 aliphatic rings. The van der Waals surface area contributed by atoms with Crippen LogP contribution >= 0.6 is 0 Å². The molecule has 32 heavy (non-hydrogen) atoms. The standard InChI is InChI=1S/C24H22N2O6/c1-30-22-12-15(8-10-20(22)27)18-14-19(16-9-11-21(28)23(13-16)31-2)26(25-18)24(29)32-17-6-4-3-5-7-17/h3-13,19,27-28H,14H2,1-2H3. The third kappa shape index (κ3) is 4.15. The van der Waals surface area contributed by atoms with E-state index in [0.717, 1.165) is 0 Å². The van der Waals surface area contributed by atoms with Crippen molar-refractivity contribution in [2.75, 3.05) is 14.2 Å². The second-order valence-electron chi connectivity index (χ2n) is 7.11. The van der Waals surface area contributed by atoms with Crippen LogP contribution in [0.25, 0.3) is 0 Å². The Bertz CT molecular complexity index is 1160. The summed E-state index contributed by atoms with van der Waals surface area (Å²) in [5.41, 5.74) is 2.03. The van der Waals surface area contributed by atoms with Crippen molar-refractivity contribution in [3.8, 4) is 28.7 Å². The molecule has 0 spiro atoms. The molecule has 0 aromatic heterocycles. The van der Waals surface area contributed by atoms with E-state index in [-0.39, 0.29) is 11.5 Å². The van der Waals surface area contributed by atoms with Gasteiger partial charge >= 0.3 is 6.09 Å². The summed E-state index contributed by atoms with van der Waals surface area (Å²) in [4.78, 5) is 13.0. The number of aromatic hydroxyl groups is 2. The van der Waals surface area contributed by atoms with Crippen LogP contribution in [0.5, 0.6) is 28.7 Å². The van der Waals surface area contributed by atoms with Crippen molar-refractivity contribution in [1.29, 1.82) is 0 Å². The van der Waals surface area contributed by atoms with Gasteiger partial charge in [-0.2, -0.15) is 10.1 Å². The van der Waals surface area contributed by atoms with Crippen molar-refractivity contribution in [3.05, 3.63) is 77.9 Å². The molecule has 0 saturated carbocycles. The van der Waals surface area contributed by atoms with Crippen molar-refractivity contribution >= 4 is 11.8 Å². The van der Waals surface area contributed by atoms with E-state index in [9.17, 15) is 15.0 Å². The van der Waals surface area contributed by atoms with E-state index in [4.69, 9.17) is 14.2 Å². The van der Waals surface area contributed by atoms with E-state index in [1.54, 1.807) is 48.5 Å². The number of hydrazone groups is 1. The van der Waals surface area contributed by atoms with Gasteiger partial charge in [-0.25, -0.2) is 4.79 Å². The second-order valence-corrected chi connectivity index (χ2v) is 7.11. The Morgan fingerprint density at radius 1 is 0.938 bits per heavy atom. The Morgan fingerprint density at radius 2 is 1.59 bits per heavy atom. The number of rotatable bonds is 5. The molecule has 0 bridgehead atoms. The summed E-state index contributed by atoms with van der Waals surface area (Å²) in [7, 11) is 2.92. The van der Waals surface area contributed by atoms with Gasteiger partial charge in [-0.15, -0.1) is 0 Å². The number of hydrogen-bond donors (Lipinski definition) is 2. The van der Waals surface area contributed by atoms with Crippen molar-refractivity contribution in [3.63, 3.8) is 0 Å². The van der Waals surface area contributed by atoms with Crippen molar-refractivity contribution in [2.45, 2.75) is 12.5 Å². The van der Waals surface area contributed by atoms with Crippen LogP contribution in [0.15, 0.2) is 71.8 Å². The summed E-state index contributed by atoms with van der Waals surface area (Å²) in [6, 6.07) is 18.0. The number of phenols is 2. The number of phenolic OH excluding ortho intramolecular Hbond substituents is 2.